The lowest BCUT2D eigenvalue weighted by atomic mass is 9.99. The van der Waals surface area contributed by atoms with Crippen molar-refractivity contribution in [3.8, 4) is 0 Å². The van der Waals surface area contributed by atoms with Crippen LogP contribution in [0.15, 0.2) is 41.8 Å². The fraction of sp³-hybridized carbons (Fsp3) is 0.143. The summed E-state index contributed by atoms with van der Waals surface area (Å²) in [5.74, 6) is -0.566. The Morgan fingerprint density at radius 2 is 1.59 bits per heavy atom. The second kappa shape index (κ2) is 3.93. The van der Waals surface area contributed by atoms with Gasteiger partial charge in [0.05, 0.1) is 5.92 Å². The zero-order valence-electron chi connectivity index (χ0n) is 9.05. The summed E-state index contributed by atoms with van der Waals surface area (Å²) in [5, 5.41) is 1.96. The van der Waals surface area contributed by atoms with E-state index in [4.69, 9.17) is 0 Å². The monoisotopic (exact) mass is 242 g/mol. The van der Waals surface area contributed by atoms with Crippen LogP contribution in [0.2, 0.25) is 0 Å². The van der Waals surface area contributed by atoms with Gasteiger partial charge < -0.3 is 0 Å². The SMILES string of the molecule is O=C1c2ccccc2C(=O)C1Cc1cccs1. The number of benzene rings is 1. The molecule has 0 saturated heterocycles. The highest BCUT2D eigenvalue weighted by molar-refractivity contribution is 7.09. The Bertz CT molecular complexity index is 549. The van der Waals surface area contributed by atoms with E-state index in [9.17, 15) is 9.59 Å². The predicted molar refractivity (Wildman–Crippen MR) is 66.6 cm³/mol. The minimum Gasteiger partial charge on any atom is -0.293 e. The van der Waals surface area contributed by atoms with Crippen LogP contribution in [0.1, 0.15) is 25.6 Å². The van der Waals surface area contributed by atoms with E-state index in [0.29, 0.717) is 17.5 Å². The van der Waals surface area contributed by atoms with Crippen molar-refractivity contribution in [2.45, 2.75) is 6.42 Å². The molecule has 0 radical (unpaired) electrons. The molecule has 0 atom stereocenters. The molecule has 1 aliphatic carbocycles. The van der Waals surface area contributed by atoms with Crippen LogP contribution in [0, 0.1) is 5.92 Å². The van der Waals surface area contributed by atoms with E-state index < -0.39 is 5.92 Å². The zero-order chi connectivity index (χ0) is 11.8. The molecule has 1 heterocycles. The van der Waals surface area contributed by atoms with Crippen LogP contribution in [-0.4, -0.2) is 11.6 Å². The molecular weight excluding hydrogens is 232 g/mol. The first-order valence-corrected chi connectivity index (χ1v) is 6.35. The Labute approximate surface area is 103 Å². The lowest BCUT2D eigenvalue weighted by Crippen LogP contribution is -2.17. The summed E-state index contributed by atoms with van der Waals surface area (Å²) in [6, 6.07) is 11.0. The minimum absolute atomic E-state index is 0.0287. The molecule has 84 valence electrons. The molecule has 0 spiro atoms. The molecule has 2 aromatic rings. The summed E-state index contributed by atoms with van der Waals surface area (Å²) in [4.78, 5) is 25.3. The maximum atomic E-state index is 12.1. The first-order valence-electron chi connectivity index (χ1n) is 5.47. The molecule has 0 fully saturated rings. The van der Waals surface area contributed by atoms with Gasteiger partial charge in [0.1, 0.15) is 0 Å². The van der Waals surface area contributed by atoms with Gasteiger partial charge in [-0.05, 0) is 17.9 Å². The number of rotatable bonds is 2. The predicted octanol–water partition coefficient (Wildman–Crippen LogP) is 2.99. The third kappa shape index (κ3) is 1.63. The van der Waals surface area contributed by atoms with Crippen molar-refractivity contribution in [3.05, 3.63) is 57.8 Å². The number of fused-ring (bicyclic) bond motifs is 1. The second-order valence-corrected chi connectivity index (χ2v) is 5.14. The molecule has 3 rings (SSSR count). The number of hydrogen-bond donors (Lipinski definition) is 0. The van der Waals surface area contributed by atoms with Gasteiger partial charge in [0.25, 0.3) is 0 Å². The van der Waals surface area contributed by atoms with Crippen molar-refractivity contribution in [1.82, 2.24) is 0 Å². The fourth-order valence-corrected chi connectivity index (χ4v) is 2.97. The Balaban J connectivity index is 1.95. The molecule has 0 unspecified atom stereocenters. The van der Waals surface area contributed by atoms with Crippen molar-refractivity contribution < 1.29 is 9.59 Å². The van der Waals surface area contributed by atoms with Crippen molar-refractivity contribution in [2.24, 2.45) is 5.92 Å². The van der Waals surface area contributed by atoms with Crippen molar-refractivity contribution in [2.75, 3.05) is 0 Å². The van der Waals surface area contributed by atoms with E-state index in [2.05, 4.69) is 0 Å². The maximum absolute atomic E-state index is 12.1. The highest BCUT2D eigenvalue weighted by Gasteiger charge is 2.38. The van der Waals surface area contributed by atoms with Crippen LogP contribution in [0.3, 0.4) is 0 Å². The Kier molecular flexibility index (Phi) is 2.41. The van der Waals surface area contributed by atoms with Crippen LogP contribution < -0.4 is 0 Å². The minimum atomic E-state index is -0.508. The number of hydrogen-bond acceptors (Lipinski definition) is 3. The third-order valence-electron chi connectivity index (χ3n) is 3.08. The average Bonchev–Trinajstić information content (AvgIpc) is 2.94. The van der Waals surface area contributed by atoms with Gasteiger partial charge in [0.2, 0.25) is 0 Å². The Morgan fingerprint density at radius 3 is 2.12 bits per heavy atom. The van der Waals surface area contributed by atoms with Gasteiger partial charge in [0.15, 0.2) is 11.6 Å². The summed E-state index contributed by atoms with van der Waals surface area (Å²) in [6.07, 6.45) is 0.532. The second-order valence-electron chi connectivity index (χ2n) is 4.11. The number of ketones is 2. The summed E-state index contributed by atoms with van der Waals surface area (Å²) in [5.41, 5.74) is 1.16. The van der Waals surface area contributed by atoms with Gasteiger partial charge in [-0.15, -0.1) is 11.3 Å². The van der Waals surface area contributed by atoms with Gasteiger partial charge in [-0.1, -0.05) is 30.3 Å². The maximum Gasteiger partial charge on any atom is 0.174 e. The number of carbonyl (C=O) groups excluding carboxylic acids is 2. The molecule has 17 heavy (non-hydrogen) atoms. The van der Waals surface area contributed by atoms with Gasteiger partial charge in [-0.25, -0.2) is 0 Å². The molecule has 3 heteroatoms. The lowest BCUT2D eigenvalue weighted by Gasteiger charge is -2.03. The lowest BCUT2D eigenvalue weighted by molar-refractivity contribution is 0.0839. The van der Waals surface area contributed by atoms with E-state index in [1.165, 1.54) is 0 Å². The van der Waals surface area contributed by atoms with E-state index >= 15 is 0 Å². The van der Waals surface area contributed by atoms with Crippen molar-refractivity contribution >= 4 is 22.9 Å². The molecule has 0 saturated carbocycles. The summed E-state index contributed by atoms with van der Waals surface area (Å²) in [6.45, 7) is 0. The third-order valence-corrected chi connectivity index (χ3v) is 3.98. The van der Waals surface area contributed by atoms with E-state index in [-0.39, 0.29) is 11.6 Å². The average molecular weight is 242 g/mol. The zero-order valence-corrected chi connectivity index (χ0v) is 9.87. The van der Waals surface area contributed by atoms with Gasteiger partial charge in [0, 0.05) is 16.0 Å². The molecule has 0 bridgehead atoms. The normalized spacial score (nSPS) is 15.3. The first-order chi connectivity index (χ1) is 8.27. The van der Waals surface area contributed by atoms with Crippen LogP contribution in [0.4, 0.5) is 0 Å². The Morgan fingerprint density at radius 1 is 0.941 bits per heavy atom. The van der Waals surface area contributed by atoms with E-state index in [1.54, 1.807) is 35.6 Å². The number of Topliss-reactive ketones (excluding diaryl/α,β-unsaturated/α-hetero) is 2. The number of thiophene rings is 1. The molecular formula is C14H10O2S. The fourth-order valence-electron chi connectivity index (χ4n) is 2.22. The van der Waals surface area contributed by atoms with Gasteiger partial charge in [-0.3, -0.25) is 9.59 Å². The summed E-state index contributed by atoms with van der Waals surface area (Å²) >= 11 is 1.59. The summed E-state index contributed by atoms with van der Waals surface area (Å²) < 4.78 is 0. The molecule has 1 aromatic heterocycles. The number of carbonyl (C=O) groups is 2. The van der Waals surface area contributed by atoms with Crippen molar-refractivity contribution in [3.63, 3.8) is 0 Å². The smallest absolute Gasteiger partial charge is 0.174 e. The largest absolute Gasteiger partial charge is 0.293 e. The standard InChI is InChI=1S/C14H10O2S/c15-13-10-5-1-2-6-11(10)14(16)12(13)8-9-4-3-7-17-9/h1-7,12H,8H2. The van der Waals surface area contributed by atoms with Gasteiger partial charge >= 0.3 is 0 Å². The van der Waals surface area contributed by atoms with Crippen LogP contribution in [-0.2, 0) is 6.42 Å². The molecule has 0 N–H and O–H groups in total. The quantitative estimate of drug-likeness (QED) is 0.759. The highest BCUT2D eigenvalue weighted by Crippen LogP contribution is 2.29. The van der Waals surface area contributed by atoms with Crippen molar-refractivity contribution in [1.29, 1.82) is 0 Å². The first kappa shape index (κ1) is 10.4. The van der Waals surface area contributed by atoms with Crippen LogP contribution >= 0.6 is 11.3 Å². The molecule has 1 aromatic carbocycles. The Hall–Kier alpha value is -1.74. The molecule has 0 aliphatic heterocycles. The highest BCUT2D eigenvalue weighted by atomic mass is 32.1. The van der Waals surface area contributed by atoms with Gasteiger partial charge in [-0.2, -0.15) is 0 Å². The summed E-state index contributed by atoms with van der Waals surface area (Å²) in [7, 11) is 0. The van der Waals surface area contributed by atoms with E-state index in [0.717, 1.165) is 4.88 Å². The molecule has 2 nitrogen and oxygen atoms in total. The topological polar surface area (TPSA) is 34.1 Å². The van der Waals surface area contributed by atoms with Crippen LogP contribution in [0.5, 0.6) is 0 Å². The van der Waals surface area contributed by atoms with Crippen LogP contribution in [0.25, 0.3) is 0 Å². The molecule has 0 amide bonds. The molecule has 1 aliphatic rings. The van der Waals surface area contributed by atoms with E-state index in [1.807, 2.05) is 17.5 Å².